The first kappa shape index (κ1) is 39.8. The van der Waals surface area contributed by atoms with Gasteiger partial charge in [0.1, 0.15) is 0 Å². The highest BCUT2D eigenvalue weighted by Crippen LogP contribution is 2.77. The summed E-state index contributed by atoms with van der Waals surface area (Å²) in [6, 6.07) is 14.4. The van der Waals surface area contributed by atoms with Gasteiger partial charge < -0.3 is 20.8 Å². The fraction of sp³-hybridized carbons (Fsp3) is 0.646. The van der Waals surface area contributed by atoms with E-state index < -0.39 is 5.97 Å². The first-order valence-corrected chi connectivity index (χ1v) is 21.3. The van der Waals surface area contributed by atoms with Gasteiger partial charge in [-0.3, -0.25) is 9.59 Å². The van der Waals surface area contributed by atoms with Crippen molar-refractivity contribution in [3.63, 3.8) is 0 Å². The number of carbonyl (C=O) groups excluding carboxylic acids is 2. The normalized spacial score (nSPS) is 37.4. The lowest BCUT2D eigenvalue weighted by Crippen LogP contribution is -2.67. The zero-order chi connectivity index (χ0) is 39.6. The number of rotatable bonds is 10. The van der Waals surface area contributed by atoms with Gasteiger partial charge in [0.25, 0.3) is 5.91 Å². The smallest absolute Gasteiger partial charge is 0.335 e. The molecule has 298 valence electrons. The van der Waals surface area contributed by atoms with Gasteiger partial charge in [-0.05, 0) is 171 Å². The molecule has 5 fully saturated rings. The fourth-order valence-electron chi connectivity index (χ4n) is 14.1. The predicted octanol–water partition coefficient (Wildman–Crippen LogP) is 9.03. The maximum absolute atomic E-state index is 14.6. The average Bonchev–Trinajstić information content (AvgIpc) is 3.55. The highest BCUT2D eigenvalue weighted by Gasteiger charge is 2.71. The summed E-state index contributed by atoms with van der Waals surface area (Å²) in [6.45, 7) is 20.2. The van der Waals surface area contributed by atoms with Crippen LogP contribution in [0.4, 0.5) is 0 Å². The van der Waals surface area contributed by atoms with Crippen LogP contribution < -0.4 is 10.6 Å². The van der Waals surface area contributed by atoms with Crippen molar-refractivity contribution >= 4 is 17.8 Å². The zero-order valence-corrected chi connectivity index (χ0v) is 34.3. The average molecular weight is 751 g/mol. The maximum atomic E-state index is 14.6. The van der Waals surface area contributed by atoms with Crippen LogP contribution in [0.3, 0.4) is 0 Å². The van der Waals surface area contributed by atoms with E-state index in [9.17, 15) is 19.5 Å². The Balaban J connectivity index is 1.02. The second-order valence-corrected chi connectivity index (χ2v) is 19.9. The van der Waals surface area contributed by atoms with Gasteiger partial charge in [0.2, 0.25) is 5.91 Å². The van der Waals surface area contributed by atoms with Crippen LogP contribution in [0, 0.1) is 56.7 Å². The molecule has 4 N–H and O–H groups in total. The molecule has 0 heterocycles. The van der Waals surface area contributed by atoms with Crippen LogP contribution in [0.5, 0.6) is 0 Å². The van der Waals surface area contributed by atoms with Gasteiger partial charge in [0.15, 0.2) is 0 Å². The van der Waals surface area contributed by atoms with E-state index in [4.69, 9.17) is 5.11 Å². The molecule has 2 aromatic carbocycles. The number of carboxylic acids is 1. The molecule has 7 heteroatoms. The monoisotopic (exact) mass is 750 g/mol. The molecule has 0 bridgehead atoms. The highest BCUT2D eigenvalue weighted by atomic mass is 16.4. The quantitative estimate of drug-likeness (QED) is 0.181. The molecule has 9 unspecified atom stereocenters. The molecule has 0 aliphatic heterocycles. The van der Waals surface area contributed by atoms with Crippen molar-refractivity contribution in [3.8, 4) is 0 Å². The van der Waals surface area contributed by atoms with E-state index in [0.717, 1.165) is 49.7 Å². The van der Waals surface area contributed by atoms with Gasteiger partial charge in [-0.25, -0.2) is 4.79 Å². The summed E-state index contributed by atoms with van der Waals surface area (Å²) < 4.78 is 0. The van der Waals surface area contributed by atoms with Crippen LogP contribution in [-0.2, 0) is 17.6 Å². The summed E-state index contributed by atoms with van der Waals surface area (Å²) in [6.07, 6.45) is 11.9. The van der Waals surface area contributed by atoms with Crippen molar-refractivity contribution in [2.45, 2.75) is 125 Å². The topological polar surface area (TPSA) is 116 Å². The number of allylic oxidation sites excluding steroid dienone is 1. The molecule has 0 spiro atoms. The third-order valence-electron chi connectivity index (χ3n) is 17.3. The Morgan fingerprint density at radius 1 is 0.745 bits per heavy atom. The number of nitrogens with one attached hydrogen (secondary N) is 2. The SMILES string of the molecule is C=C(C)C1CCC2(C(=O)NCCc3cccc(C(=O)NCCc4ccc(C(=O)O)cc4)c3)CC[C@]3(C)C(CCC4C5(C)CCC(O)C(C)(C)C5CCC43C)C12. The first-order valence-electron chi connectivity index (χ1n) is 21.3. The molecule has 55 heavy (non-hydrogen) atoms. The van der Waals surface area contributed by atoms with Gasteiger partial charge >= 0.3 is 5.97 Å². The van der Waals surface area contributed by atoms with Gasteiger partial charge in [-0.2, -0.15) is 0 Å². The Labute approximate surface area is 329 Å². The molecule has 5 aliphatic carbocycles. The third kappa shape index (κ3) is 6.48. The van der Waals surface area contributed by atoms with E-state index in [1.807, 2.05) is 24.3 Å². The van der Waals surface area contributed by atoms with Gasteiger partial charge in [0.05, 0.1) is 17.1 Å². The number of amides is 2. The molecular weight excluding hydrogens is 685 g/mol. The largest absolute Gasteiger partial charge is 0.478 e. The maximum Gasteiger partial charge on any atom is 0.335 e. The minimum absolute atomic E-state index is 0.0586. The molecule has 7 rings (SSSR count). The summed E-state index contributed by atoms with van der Waals surface area (Å²) in [5.74, 6) is 1.45. The molecule has 5 saturated carbocycles. The van der Waals surface area contributed by atoms with E-state index >= 15 is 0 Å². The van der Waals surface area contributed by atoms with Crippen LogP contribution in [0.25, 0.3) is 0 Å². The van der Waals surface area contributed by atoms with Gasteiger partial charge in [-0.1, -0.05) is 71.0 Å². The highest BCUT2D eigenvalue weighted by molar-refractivity contribution is 5.94. The Kier molecular flexibility index (Phi) is 10.5. The Bertz CT molecular complexity index is 1820. The molecule has 10 atom stereocenters. The molecule has 0 saturated heterocycles. The zero-order valence-electron chi connectivity index (χ0n) is 34.3. The Hall–Kier alpha value is -3.45. The summed E-state index contributed by atoms with van der Waals surface area (Å²) >= 11 is 0. The molecule has 0 aromatic heterocycles. The number of aromatic carboxylic acids is 1. The molecule has 0 radical (unpaired) electrons. The third-order valence-corrected chi connectivity index (χ3v) is 17.3. The Morgan fingerprint density at radius 3 is 2.16 bits per heavy atom. The summed E-state index contributed by atoms with van der Waals surface area (Å²) in [5.41, 5.74) is 4.22. The number of hydrogen-bond acceptors (Lipinski definition) is 4. The predicted molar refractivity (Wildman–Crippen MR) is 218 cm³/mol. The van der Waals surface area contributed by atoms with E-state index in [1.54, 1.807) is 24.3 Å². The number of hydrogen-bond donors (Lipinski definition) is 4. The van der Waals surface area contributed by atoms with Crippen LogP contribution in [0.15, 0.2) is 60.7 Å². The molecule has 2 aromatic rings. The van der Waals surface area contributed by atoms with Crippen LogP contribution in [0.2, 0.25) is 0 Å². The second kappa shape index (κ2) is 14.5. The van der Waals surface area contributed by atoms with Crippen molar-refractivity contribution < 1.29 is 24.6 Å². The van der Waals surface area contributed by atoms with E-state index in [-0.39, 0.29) is 50.6 Å². The second-order valence-electron chi connectivity index (χ2n) is 19.9. The summed E-state index contributed by atoms with van der Waals surface area (Å²) in [5, 5.41) is 26.7. The van der Waals surface area contributed by atoms with E-state index in [1.165, 1.54) is 31.3 Å². The lowest BCUT2D eigenvalue weighted by atomic mass is 9.32. The van der Waals surface area contributed by atoms with Crippen molar-refractivity contribution in [3.05, 3.63) is 82.9 Å². The standard InChI is InChI=1S/C48H66N2O5/c1-30(2)35-17-24-48(43(55)50-28-21-32-9-8-10-34(29-32)41(52)49-27-20-31-11-13-33(14-12-31)42(53)54)26-25-46(6)36(40(35)48)15-16-38-45(5)22-19-39(51)44(3,4)37(45)18-23-47(38,46)7/h8-14,29,35-40,51H,1,15-28H2,2-7H3,(H,49,52)(H,50,55)(H,53,54)/t35?,36?,37?,38?,39?,40?,45?,46-,47?,48?/m1/s1. The van der Waals surface area contributed by atoms with E-state index in [0.29, 0.717) is 61.1 Å². The van der Waals surface area contributed by atoms with Crippen molar-refractivity contribution in [1.29, 1.82) is 0 Å². The summed E-state index contributed by atoms with van der Waals surface area (Å²) in [7, 11) is 0. The van der Waals surface area contributed by atoms with Crippen LogP contribution >= 0.6 is 0 Å². The number of aliphatic hydroxyl groups is 1. The van der Waals surface area contributed by atoms with Crippen molar-refractivity contribution in [2.24, 2.45) is 56.7 Å². The number of carboxylic acid groups (broad SMARTS) is 1. The lowest BCUT2D eigenvalue weighted by Gasteiger charge is -2.72. The lowest BCUT2D eigenvalue weighted by molar-refractivity contribution is -0.246. The minimum Gasteiger partial charge on any atom is -0.478 e. The minimum atomic E-state index is -0.953. The molecule has 7 nitrogen and oxygen atoms in total. The van der Waals surface area contributed by atoms with Crippen molar-refractivity contribution in [1.82, 2.24) is 10.6 Å². The molecule has 2 amide bonds. The molecular formula is C48H66N2O5. The number of fused-ring (bicyclic) bond motifs is 7. The molecule has 5 aliphatic rings. The van der Waals surface area contributed by atoms with Crippen molar-refractivity contribution in [2.75, 3.05) is 13.1 Å². The fourth-order valence-corrected chi connectivity index (χ4v) is 14.1. The van der Waals surface area contributed by atoms with E-state index in [2.05, 4.69) is 58.8 Å². The Morgan fingerprint density at radius 2 is 1.45 bits per heavy atom. The number of aliphatic hydroxyl groups excluding tert-OH is 1. The number of carbonyl (C=O) groups is 3. The first-order chi connectivity index (χ1) is 26.0. The summed E-state index contributed by atoms with van der Waals surface area (Å²) in [4.78, 5) is 38.8. The van der Waals surface area contributed by atoms with Gasteiger partial charge in [-0.15, -0.1) is 0 Å². The van der Waals surface area contributed by atoms with Gasteiger partial charge in [0, 0.05) is 18.7 Å². The number of benzene rings is 2. The van der Waals surface area contributed by atoms with Crippen LogP contribution in [0.1, 0.15) is 138 Å². The van der Waals surface area contributed by atoms with Crippen LogP contribution in [-0.4, -0.2) is 47.2 Å².